The Hall–Kier alpha value is -0.920. The number of aryl methyl sites for hydroxylation is 2. The molecule has 0 aliphatic heterocycles. The second kappa shape index (κ2) is 5.83. The summed E-state index contributed by atoms with van der Waals surface area (Å²) in [5.74, 6) is 0. The van der Waals surface area contributed by atoms with Crippen molar-refractivity contribution in [1.82, 2.24) is 9.97 Å². The summed E-state index contributed by atoms with van der Waals surface area (Å²) >= 11 is 0. The van der Waals surface area contributed by atoms with Crippen molar-refractivity contribution in [3.63, 3.8) is 0 Å². The molecule has 2 heteroatoms. The summed E-state index contributed by atoms with van der Waals surface area (Å²) in [6, 6.07) is 0. The molecule has 0 aliphatic rings. The van der Waals surface area contributed by atoms with Crippen LogP contribution in [-0.2, 0) is 6.42 Å². The van der Waals surface area contributed by atoms with E-state index < -0.39 is 0 Å². The molecule has 11 heavy (non-hydrogen) atoms. The van der Waals surface area contributed by atoms with Crippen LogP contribution in [0.3, 0.4) is 0 Å². The maximum atomic E-state index is 4.13. The van der Waals surface area contributed by atoms with Crippen molar-refractivity contribution in [2.75, 3.05) is 0 Å². The van der Waals surface area contributed by atoms with Gasteiger partial charge in [-0.3, -0.25) is 9.97 Å². The summed E-state index contributed by atoms with van der Waals surface area (Å²) in [6.07, 6.45) is 4.42. The first-order valence-corrected chi connectivity index (χ1v) is 4.11. The van der Waals surface area contributed by atoms with Crippen molar-refractivity contribution in [2.45, 2.75) is 34.1 Å². The van der Waals surface area contributed by atoms with Crippen LogP contribution in [0.5, 0.6) is 0 Å². The molecule has 1 aromatic rings. The zero-order chi connectivity index (χ0) is 8.69. The summed E-state index contributed by atoms with van der Waals surface area (Å²) in [6.45, 7) is 8.06. The average Bonchev–Trinajstić information content (AvgIpc) is 2.09. The first-order chi connectivity index (χ1) is 5.34. The molecular formula is C9H16N2. The maximum absolute atomic E-state index is 4.13. The molecule has 1 aromatic heterocycles. The third-order valence-electron chi connectivity index (χ3n) is 1.32. The molecule has 62 valence electrons. The molecule has 0 bridgehead atoms. The van der Waals surface area contributed by atoms with Crippen LogP contribution in [0.4, 0.5) is 0 Å². The Morgan fingerprint density at radius 3 is 2.09 bits per heavy atom. The predicted octanol–water partition coefficient (Wildman–Crippen LogP) is 2.37. The van der Waals surface area contributed by atoms with Crippen LogP contribution in [0.25, 0.3) is 0 Å². The van der Waals surface area contributed by atoms with Gasteiger partial charge in [0, 0.05) is 12.4 Å². The van der Waals surface area contributed by atoms with Crippen molar-refractivity contribution < 1.29 is 0 Å². The highest BCUT2D eigenvalue weighted by Crippen LogP contribution is 1.98. The summed E-state index contributed by atoms with van der Waals surface area (Å²) in [4.78, 5) is 8.22. The molecule has 0 spiro atoms. The van der Waals surface area contributed by atoms with Crippen LogP contribution in [0, 0.1) is 6.92 Å². The highest BCUT2D eigenvalue weighted by molar-refractivity contribution is 5.07. The average molecular weight is 152 g/mol. The van der Waals surface area contributed by atoms with Gasteiger partial charge in [-0.15, -0.1) is 0 Å². The Balaban J connectivity index is 0.000000461. The Morgan fingerprint density at radius 2 is 1.73 bits per heavy atom. The molecule has 0 atom stereocenters. The first-order valence-electron chi connectivity index (χ1n) is 4.11. The van der Waals surface area contributed by atoms with Crippen LogP contribution in [0.15, 0.2) is 12.4 Å². The van der Waals surface area contributed by atoms with E-state index in [0.29, 0.717) is 0 Å². The van der Waals surface area contributed by atoms with Gasteiger partial charge in [-0.2, -0.15) is 0 Å². The standard InChI is InChI=1S/C7H10N2.C2H6/c1-3-7-6(2)8-4-5-9-7;1-2/h4-5H,3H2,1-2H3;1-2H3. The Kier molecular flexibility index (Phi) is 5.35. The summed E-state index contributed by atoms with van der Waals surface area (Å²) in [5.41, 5.74) is 2.14. The molecule has 0 saturated carbocycles. The van der Waals surface area contributed by atoms with Gasteiger partial charge in [0.1, 0.15) is 0 Å². The molecule has 2 nitrogen and oxygen atoms in total. The highest BCUT2D eigenvalue weighted by atomic mass is 14.8. The van der Waals surface area contributed by atoms with Gasteiger partial charge < -0.3 is 0 Å². The summed E-state index contributed by atoms with van der Waals surface area (Å²) in [5, 5.41) is 0. The minimum atomic E-state index is 0.972. The van der Waals surface area contributed by atoms with Crippen molar-refractivity contribution in [2.24, 2.45) is 0 Å². The van der Waals surface area contributed by atoms with E-state index in [4.69, 9.17) is 0 Å². The van der Waals surface area contributed by atoms with E-state index in [1.54, 1.807) is 12.4 Å². The minimum absolute atomic E-state index is 0.972. The van der Waals surface area contributed by atoms with Crippen LogP contribution in [-0.4, -0.2) is 9.97 Å². The Labute approximate surface area is 68.7 Å². The van der Waals surface area contributed by atoms with E-state index in [1.165, 1.54) is 0 Å². The van der Waals surface area contributed by atoms with Gasteiger partial charge in [-0.1, -0.05) is 20.8 Å². The molecule has 1 heterocycles. The lowest BCUT2D eigenvalue weighted by Crippen LogP contribution is -1.92. The largest absolute Gasteiger partial charge is 0.258 e. The summed E-state index contributed by atoms with van der Waals surface area (Å²) in [7, 11) is 0. The zero-order valence-corrected chi connectivity index (χ0v) is 7.76. The third-order valence-corrected chi connectivity index (χ3v) is 1.32. The minimum Gasteiger partial charge on any atom is -0.258 e. The molecule has 0 unspecified atom stereocenters. The lowest BCUT2D eigenvalue weighted by Gasteiger charge is -1.96. The molecule has 0 aliphatic carbocycles. The topological polar surface area (TPSA) is 25.8 Å². The molecule has 0 amide bonds. The Bertz CT molecular complexity index is 197. The second-order valence-electron chi connectivity index (χ2n) is 1.94. The lowest BCUT2D eigenvalue weighted by molar-refractivity contribution is 0.957. The lowest BCUT2D eigenvalue weighted by atomic mass is 10.3. The highest BCUT2D eigenvalue weighted by Gasteiger charge is 1.92. The smallest absolute Gasteiger partial charge is 0.0613 e. The van der Waals surface area contributed by atoms with Gasteiger partial charge in [-0.25, -0.2) is 0 Å². The van der Waals surface area contributed by atoms with Crippen LogP contribution in [0.1, 0.15) is 32.2 Å². The number of hydrogen-bond donors (Lipinski definition) is 0. The van der Waals surface area contributed by atoms with Gasteiger partial charge >= 0.3 is 0 Å². The molecule has 0 radical (unpaired) electrons. The van der Waals surface area contributed by atoms with Gasteiger partial charge in [0.25, 0.3) is 0 Å². The summed E-state index contributed by atoms with van der Waals surface area (Å²) < 4.78 is 0. The quantitative estimate of drug-likeness (QED) is 0.617. The van der Waals surface area contributed by atoms with E-state index in [0.717, 1.165) is 17.8 Å². The molecule has 1 rings (SSSR count). The SMILES string of the molecule is CC.CCc1nccnc1C. The fourth-order valence-corrected chi connectivity index (χ4v) is 0.783. The number of rotatable bonds is 1. The van der Waals surface area contributed by atoms with E-state index in [2.05, 4.69) is 16.9 Å². The van der Waals surface area contributed by atoms with Crippen LogP contribution < -0.4 is 0 Å². The molecule has 0 fully saturated rings. The normalized spacial score (nSPS) is 8.36. The Morgan fingerprint density at radius 1 is 1.18 bits per heavy atom. The fraction of sp³-hybridized carbons (Fsp3) is 0.556. The van der Waals surface area contributed by atoms with Crippen molar-refractivity contribution in [3.05, 3.63) is 23.8 Å². The van der Waals surface area contributed by atoms with Gasteiger partial charge in [0.15, 0.2) is 0 Å². The number of hydrogen-bond acceptors (Lipinski definition) is 2. The predicted molar refractivity (Wildman–Crippen MR) is 47.5 cm³/mol. The van der Waals surface area contributed by atoms with Gasteiger partial charge in [0.2, 0.25) is 0 Å². The van der Waals surface area contributed by atoms with E-state index in [1.807, 2.05) is 20.8 Å². The van der Waals surface area contributed by atoms with Crippen LogP contribution >= 0.6 is 0 Å². The van der Waals surface area contributed by atoms with Crippen molar-refractivity contribution in [3.8, 4) is 0 Å². The molecule has 0 aromatic carbocycles. The van der Waals surface area contributed by atoms with Gasteiger partial charge in [-0.05, 0) is 13.3 Å². The number of aromatic nitrogens is 2. The van der Waals surface area contributed by atoms with E-state index in [-0.39, 0.29) is 0 Å². The monoisotopic (exact) mass is 152 g/mol. The fourth-order valence-electron chi connectivity index (χ4n) is 0.783. The van der Waals surface area contributed by atoms with Gasteiger partial charge in [0.05, 0.1) is 11.4 Å². The molecule has 0 N–H and O–H groups in total. The van der Waals surface area contributed by atoms with Crippen LogP contribution in [0.2, 0.25) is 0 Å². The third kappa shape index (κ3) is 3.12. The first kappa shape index (κ1) is 10.1. The van der Waals surface area contributed by atoms with E-state index >= 15 is 0 Å². The van der Waals surface area contributed by atoms with Crippen molar-refractivity contribution in [1.29, 1.82) is 0 Å². The zero-order valence-electron chi connectivity index (χ0n) is 7.76. The van der Waals surface area contributed by atoms with Crippen molar-refractivity contribution >= 4 is 0 Å². The molecular weight excluding hydrogens is 136 g/mol. The number of nitrogens with zero attached hydrogens (tertiary/aromatic N) is 2. The van der Waals surface area contributed by atoms with E-state index in [9.17, 15) is 0 Å². The second-order valence-corrected chi connectivity index (χ2v) is 1.94. The maximum Gasteiger partial charge on any atom is 0.0613 e. The molecule has 0 saturated heterocycles.